The Bertz CT molecular complexity index is 970. The number of hydrogen-bond donors (Lipinski definition) is 1. The number of para-hydroxylation sites is 1. The highest BCUT2D eigenvalue weighted by atomic mass is 19.3. The van der Waals surface area contributed by atoms with E-state index >= 15 is 0 Å². The van der Waals surface area contributed by atoms with E-state index in [0.717, 1.165) is 22.6 Å². The van der Waals surface area contributed by atoms with Crippen LogP contribution in [0.25, 0.3) is 11.0 Å². The van der Waals surface area contributed by atoms with Gasteiger partial charge in [0, 0.05) is 19.7 Å². The predicted octanol–water partition coefficient (Wildman–Crippen LogP) is 2.24. The van der Waals surface area contributed by atoms with Gasteiger partial charge in [-0.15, -0.1) is 0 Å². The maximum Gasteiger partial charge on any atom is 0.255 e. The Morgan fingerprint density at radius 1 is 1.26 bits per heavy atom. The number of anilines is 1. The van der Waals surface area contributed by atoms with Gasteiger partial charge in [-0.1, -0.05) is 6.07 Å². The van der Waals surface area contributed by atoms with Crippen LogP contribution in [0.5, 0.6) is 0 Å². The summed E-state index contributed by atoms with van der Waals surface area (Å²) in [6.07, 6.45) is 0.531. The number of carbonyl (C=O) groups excluding carboxylic acids is 1. The molecule has 27 heavy (non-hydrogen) atoms. The fraction of sp³-hybridized carbons (Fsp3) is 0.333. The number of fused-ring (bicyclic) bond motifs is 1. The van der Waals surface area contributed by atoms with Crippen molar-refractivity contribution in [1.29, 1.82) is 0 Å². The van der Waals surface area contributed by atoms with E-state index < -0.39 is 18.9 Å². The van der Waals surface area contributed by atoms with E-state index in [1.54, 1.807) is 18.5 Å². The highest BCUT2D eigenvalue weighted by Crippen LogP contribution is 2.21. The molecule has 0 aliphatic heterocycles. The lowest BCUT2D eigenvalue weighted by Gasteiger charge is -2.16. The van der Waals surface area contributed by atoms with Gasteiger partial charge < -0.3 is 14.8 Å². The zero-order valence-electron chi connectivity index (χ0n) is 15.3. The molecule has 0 aliphatic carbocycles. The number of alkyl halides is 2. The molecule has 0 spiro atoms. The van der Waals surface area contributed by atoms with Crippen molar-refractivity contribution in [3.8, 4) is 0 Å². The van der Waals surface area contributed by atoms with Crippen molar-refractivity contribution in [2.45, 2.75) is 19.9 Å². The molecule has 9 heteroatoms. The highest BCUT2D eigenvalue weighted by molar-refractivity contribution is 6.04. The summed E-state index contributed by atoms with van der Waals surface area (Å²) in [7, 11) is 3.83. The van der Waals surface area contributed by atoms with Gasteiger partial charge in [0.15, 0.2) is 0 Å². The molecule has 1 amide bonds. The van der Waals surface area contributed by atoms with Crippen LogP contribution in [0.4, 0.5) is 14.6 Å². The number of amides is 1. The number of benzene rings is 1. The van der Waals surface area contributed by atoms with Gasteiger partial charge in [-0.25, -0.2) is 23.7 Å². The third-order valence-corrected chi connectivity index (χ3v) is 4.22. The number of hydrogen-bond acceptors (Lipinski definition) is 5. The molecule has 1 aromatic carbocycles. The molecular formula is C18H20F2N6O. The number of aromatic nitrogens is 4. The van der Waals surface area contributed by atoms with E-state index in [4.69, 9.17) is 0 Å². The van der Waals surface area contributed by atoms with Crippen molar-refractivity contribution in [2.24, 2.45) is 0 Å². The number of imidazole rings is 1. The Hall–Kier alpha value is -3.10. The van der Waals surface area contributed by atoms with E-state index in [9.17, 15) is 13.6 Å². The average molecular weight is 374 g/mol. The maximum atomic E-state index is 12.3. The topological polar surface area (TPSA) is 75.9 Å². The molecule has 0 bridgehead atoms. The number of nitrogens with one attached hydrogen (secondary N) is 1. The van der Waals surface area contributed by atoms with Crippen molar-refractivity contribution in [1.82, 2.24) is 24.8 Å². The number of carbonyl (C=O) groups is 1. The van der Waals surface area contributed by atoms with Crippen LogP contribution in [-0.2, 0) is 6.54 Å². The lowest BCUT2D eigenvalue weighted by Crippen LogP contribution is -2.28. The van der Waals surface area contributed by atoms with Crippen molar-refractivity contribution in [3.63, 3.8) is 0 Å². The summed E-state index contributed by atoms with van der Waals surface area (Å²) in [6.45, 7) is 1.71. The molecule has 0 fully saturated rings. The van der Waals surface area contributed by atoms with Gasteiger partial charge in [0.25, 0.3) is 12.3 Å². The molecule has 142 valence electrons. The summed E-state index contributed by atoms with van der Waals surface area (Å²) in [5, 5.41) is 2.21. The largest absolute Gasteiger partial charge is 0.362 e. The van der Waals surface area contributed by atoms with Gasteiger partial charge in [0.2, 0.25) is 0 Å². The average Bonchev–Trinajstić information content (AvgIpc) is 3.04. The van der Waals surface area contributed by atoms with Gasteiger partial charge in [0.1, 0.15) is 17.7 Å². The van der Waals surface area contributed by atoms with Crippen LogP contribution in [0.3, 0.4) is 0 Å². The third kappa shape index (κ3) is 3.86. The van der Waals surface area contributed by atoms with Crippen LogP contribution >= 0.6 is 0 Å². The van der Waals surface area contributed by atoms with Crippen LogP contribution in [0.1, 0.15) is 21.6 Å². The first kappa shape index (κ1) is 18.7. The summed E-state index contributed by atoms with van der Waals surface area (Å²) in [5.41, 5.74) is 3.24. The number of rotatable bonds is 6. The minimum atomic E-state index is -2.60. The van der Waals surface area contributed by atoms with Gasteiger partial charge in [-0.05, 0) is 19.1 Å². The quantitative estimate of drug-likeness (QED) is 0.716. The summed E-state index contributed by atoms with van der Waals surface area (Å²) in [6, 6.07) is 5.10. The van der Waals surface area contributed by atoms with Crippen molar-refractivity contribution in [2.75, 3.05) is 25.5 Å². The molecule has 0 aliphatic rings. The molecule has 0 saturated heterocycles. The van der Waals surface area contributed by atoms with E-state index in [2.05, 4.69) is 20.3 Å². The number of halogens is 2. The Labute approximate surface area is 155 Å². The van der Waals surface area contributed by atoms with Gasteiger partial charge in [-0.2, -0.15) is 0 Å². The summed E-state index contributed by atoms with van der Waals surface area (Å²) in [4.78, 5) is 27.0. The SMILES string of the molecule is Cc1c(Cn2cnc3c(C(=O)NCC(F)F)cccc32)ncnc1N(C)C. The van der Waals surface area contributed by atoms with E-state index in [0.29, 0.717) is 12.1 Å². The molecular weight excluding hydrogens is 354 g/mol. The van der Waals surface area contributed by atoms with Crippen LogP contribution in [0.15, 0.2) is 30.9 Å². The second-order valence-corrected chi connectivity index (χ2v) is 6.31. The molecule has 3 aromatic rings. The fourth-order valence-corrected chi connectivity index (χ4v) is 2.91. The van der Waals surface area contributed by atoms with Crippen molar-refractivity contribution in [3.05, 3.63) is 47.7 Å². The zero-order valence-corrected chi connectivity index (χ0v) is 15.3. The normalized spacial score (nSPS) is 11.2. The molecule has 3 rings (SSSR count). The van der Waals surface area contributed by atoms with Crippen molar-refractivity contribution >= 4 is 22.8 Å². The monoisotopic (exact) mass is 374 g/mol. The van der Waals surface area contributed by atoms with Gasteiger partial charge in [0.05, 0.1) is 36.2 Å². The van der Waals surface area contributed by atoms with Gasteiger partial charge in [-0.3, -0.25) is 4.79 Å². The third-order valence-electron chi connectivity index (χ3n) is 4.22. The maximum absolute atomic E-state index is 12.3. The van der Waals surface area contributed by atoms with Crippen LogP contribution < -0.4 is 10.2 Å². The van der Waals surface area contributed by atoms with E-state index in [-0.39, 0.29) is 5.56 Å². The molecule has 0 unspecified atom stereocenters. The molecule has 1 N–H and O–H groups in total. The lowest BCUT2D eigenvalue weighted by atomic mass is 10.1. The Kier molecular flexibility index (Phi) is 5.29. The Balaban J connectivity index is 1.93. The number of nitrogens with zero attached hydrogens (tertiary/aromatic N) is 5. The molecule has 0 saturated carbocycles. The molecule has 2 aromatic heterocycles. The zero-order chi connectivity index (χ0) is 19.6. The van der Waals surface area contributed by atoms with Crippen LogP contribution in [-0.4, -0.2) is 52.5 Å². The Morgan fingerprint density at radius 2 is 2.04 bits per heavy atom. The van der Waals surface area contributed by atoms with E-state index in [1.165, 1.54) is 6.33 Å². The summed E-state index contributed by atoms with van der Waals surface area (Å²) in [5.74, 6) is 0.260. The minimum absolute atomic E-state index is 0.264. The Morgan fingerprint density at radius 3 is 2.74 bits per heavy atom. The van der Waals surface area contributed by atoms with Crippen LogP contribution in [0, 0.1) is 6.92 Å². The van der Waals surface area contributed by atoms with Gasteiger partial charge >= 0.3 is 0 Å². The minimum Gasteiger partial charge on any atom is -0.362 e. The summed E-state index contributed by atoms with van der Waals surface area (Å²) < 4.78 is 26.6. The first-order valence-electron chi connectivity index (χ1n) is 8.36. The van der Waals surface area contributed by atoms with Crippen molar-refractivity contribution < 1.29 is 13.6 Å². The summed E-state index contributed by atoms with van der Waals surface area (Å²) >= 11 is 0. The van der Waals surface area contributed by atoms with Crippen LogP contribution in [0.2, 0.25) is 0 Å². The predicted molar refractivity (Wildman–Crippen MR) is 98.3 cm³/mol. The second kappa shape index (κ2) is 7.65. The fourth-order valence-electron chi connectivity index (χ4n) is 2.91. The molecule has 0 radical (unpaired) electrons. The first-order chi connectivity index (χ1) is 12.9. The highest BCUT2D eigenvalue weighted by Gasteiger charge is 2.16. The molecule has 7 nitrogen and oxygen atoms in total. The molecule has 2 heterocycles. The van der Waals surface area contributed by atoms with E-state index in [1.807, 2.05) is 36.6 Å². The smallest absolute Gasteiger partial charge is 0.255 e. The molecule has 0 atom stereocenters. The first-order valence-corrected chi connectivity index (χ1v) is 8.36. The second-order valence-electron chi connectivity index (χ2n) is 6.31. The lowest BCUT2D eigenvalue weighted by molar-refractivity contribution is 0.0893. The standard InChI is InChI=1S/C18H20F2N6O/c1-11-13(22-9-23-17(11)25(2)3)8-26-10-24-16-12(5-4-6-14(16)26)18(27)21-7-15(19)20/h4-6,9-10,15H,7-8H2,1-3H3,(H,21,27).